The SMILES string of the molecule is CCCCCCC(CO)C1CCCC1. The van der Waals surface area contributed by atoms with E-state index in [4.69, 9.17) is 0 Å². The van der Waals surface area contributed by atoms with Gasteiger partial charge in [0, 0.05) is 6.61 Å². The quantitative estimate of drug-likeness (QED) is 0.618. The highest BCUT2D eigenvalue weighted by atomic mass is 16.3. The normalized spacial score (nSPS) is 20.1. The van der Waals surface area contributed by atoms with Crippen molar-refractivity contribution < 1.29 is 5.11 Å². The minimum Gasteiger partial charge on any atom is -0.396 e. The zero-order chi connectivity index (χ0) is 10.2. The molecule has 1 aliphatic rings. The van der Waals surface area contributed by atoms with E-state index in [1.807, 2.05) is 0 Å². The molecule has 1 heteroatoms. The fraction of sp³-hybridized carbons (Fsp3) is 1.00. The van der Waals surface area contributed by atoms with E-state index in [2.05, 4.69) is 6.92 Å². The van der Waals surface area contributed by atoms with Crippen LogP contribution in [0.4, 0.5) is 0 Å². The standard InChI is InChI=1S/C13H26O/c1-2-3-4-5-10-13(11-14)12-8-6-7-9-12/h12-14H,2-11H2,1H3. The molecule has 0 aromatic heterocycles. The molecule has 1 unspecified atom stereocenters. The zero-order valence-electron chi connectivity index (χ0n) is 9.67. The van der Waals surface area contributed by atoms with E-state index < -0.39 is 0 Å². The van der Waals surface area contributed by atoms with Gasteiger partial charge in [0.2, 0.25) is 0 Å². The van der Waals surface area contributed by atoms with E-state index in [0.29, 0.717) is 12.5 Å². The predicted molar refractivity (Wildman–Crippen MR) is 61.3 cm³/mol. The molecule has 84 valence electrons. The average molecular weight is 198 g/mol. The molecule has 1 saturated carbocycles. The van der Waals surface area contributed by atoms with Gasteiger partial charge in [-0.2, -0.15) is 0 Å². The highest BCUT2D eigenvalue weighted by Gasteiger charge is 2.23. The second-order valence-electron chi connectivity index (χ2n) is 4.84. The Morgan fingerprint density at radius 3 is 2.43 bits per heavy atom. The monoisotopic (exact) mass is 198 g/mol. The van der Waals surface area contributed by atoms with Crippen molar-refractivity contribution in [2.45, 2.75) is 64.7 Å². The summed E-state index contributed by atoms with van der Waals surface area (Å²) in [6.45, 7) is 2.68. The van der Waals surface area contributed by atoms with Crippen LogP contribution in [0, 0.1) is 11.8 Å². The predicted octanol–water partition coefficient (Wildman–Crippen LogP) is 3.76. The van der Waals surface area contributed by atoms with E-state index >= 15 is 0 Å². The lowest BCUT2D eigenvalue weighted by atomic mass is 9.87. The third-order valence-electron chi connectivity index (χ3n) is 3.73. The summed E-state index contributed by atoms with van der Waals surface area (Å²) in [6, 6.07) is 0. The van der Waals surface area contributed by atoms with Gasteiger partial charge in [-0.1, -0.05) is 58.3 Å². The van der Waals surface area contributed by atoms with Crippen molar-refractivity contribution in [1.29, 1.82) is 0 Å². The second kappa shape index (κ2) is 7.28. The smallest absolute Gasteiger partial charge is 0.0461 e. The van der Waals surface area contributed by atoms with E-state index in [0.717, 1.165) is 5.92 Å². The van der Waals surface area contributed by atoms with E-state index in [-0.39, 0.29) is 0 Å². The minimum atomic E-state index is 0.427. The Bertz CT molecular complexity index is 127. The van der Waals surface area contributed by atoms with E-state index in [9.17, 15) is 5.11 Å². The lowest BCUT2D eigenvalue weighted by Gasteiger charge is -2.20. The number of rotatable bonds is 7. The number of aliphatic hydroxyl groups is 1. The maximum absolute atomic E-state index is 9.34. The van der Waals surface area contributed by atoms with Gasteiger partial charge in [-0.15, -0.1) is 0 Å². The van der Waals surface area contributed by atoms with Crippen LogP contribution in [0.15, 0.2) is 0 Å². The van der Waals surface area contributed by atoms with Crippen LogP contribution in [0.2, 0.25) is 0 Å². The minimum absolute atomic E-state index is 0.427. The highest BCUT2D eigenvalue weighted by Crippen LogP contribution is 2.33. The molecule has 1 atom stereocenters. The Labute approximate surface area is 88.9 Å². The number of hydrogen-bond donors (Lipinski definition) is 1. The Morgan fingerprint density at radius 1 is 1.14 bits per heavy atom. The van der Waals surface area contributed by atoms with Gasteiger partial charge >= 0.3 is 0 Å². The number of unbranched alkanes of at least 4 members (excludes halogenated alkanes) is 3. The molecule has 0 spiro atoms. The Hall–Kier alpha value is -0.0400. The van der Waals surface area contributed by atoms with Gasteiger partial charge in [-0.05, 0) is 18.3 Å². The molecule has 0 saturated heterocycles. The topological polar surface area (TPSA) is 20.2 Å². The van der Waals surface area contributed by atoms with Crippen LogP contribution in [0.1, 0.15) is 64.7 Å². The van der Waals surface area contributed by atoms with Crippen LogP contribution in [-0.4, -0.2) is 11.7 Å². The summed E-state index contributed by atoms with van der Waals surface area (Å²) in [5, 5.41) is 9.34. The van der Waals surface area contributed by atoms with E-state index in [1.54, 1.807) is 0 Å². The van der Waals surface area contributed by atoms with Crippen LogP contribution in [-0.2, 0) is 0 Å². The van der Waals surface area contributed by atoms with Gasteiger partial charge in [-0.3, -0.25) is 0 Å². The molecule has 0 aromatic rings. The Morgan fingerprint density at radius 2 is 1.86 bits per heavy atom. The Kier molecular flexibility index (Phi) is 6.25. The van der Waals surface area contributed by atoms with E-state index in [1.165, 1.54) is 57.8 Å². The lowest BCUT2D eigenvalue weighted by molar-refractivity contribution is 0.165. The summed E-state index contributed by atoms with van der Waals surface area (Å²) < 4.78 is 0. The highest BCUT2D eigenvalue weighted by molar-refractivity contribution is 4.74. The fourth-order valence-electron chi connectivity index (χ4n) is 2.74. The number of hydrogen-bond acceptors (Lipinski definition) is 1. The largest absolute Gasteiger partial charge is 0.396 e. The van der Waals surface area contributed by atoms with Crippen molar-refractivity contribution in [2.24, 2.45) is 11.8 Å². The zero-order valence-corrected chi connectivity index (χ0v) is 9.67. The second-order valence-corrected chi connectivity index (χ2v) is 4.84. The molecule has 0 aliphatic heterocycles. The van der Waals surface area contributed by atoms with Gasteiger partial charge in [0.1, 0.15) is 0 Å². The van der Waals surface area contributed by atoms with Crippen LogP contribution in [0.5, 0.6) is 0 Å². The van der Waals surface area contributed by atoms with Gasteiger partial charge in [0.25, 0.3) is 0 Å². The van der Waals surface area contributed by atoms with Crippen molar-refractivity contribution in [3.63, 3.8) is 0 Å². The Balaban J connectivity index is 2.11. The molecule has 0 aromatic carbocycles. The van der Waals surface area contributed by atoms with Crippen LogP contribution < -0.4 is 0 Å². The summed E-state index contributed by atoms with van der Waals surface area (Å²) in [5.74, 6) is 1.47. The molecule has 0 heterocycles. The van der Waals surface area contributed by atoms with Crippen molar-refractivity contribution in [1.82, 2.24) is 0 Å². The summed E-state index contributed by atoms with van der Waals surface area (Å²) in [4.78, 5) is 0. The van der Waals surface area contributed by atoms with Gasteiger partial charge < -0.3 is 5.11 Å². The molecule has 1 N–H and O–H groups in total. The van der Waals surface area contributed by atoms with Gasteiger partial charge in [0.15, 0.2) is 0 Å². The lowest BCUT2D eigenvalue weighted by Crippen LogP contribution is -2.15. The summed E-state index contributed by atoms with van der Waals surface area (Å²) in [5.41, 5.74) is 0. The maximum Gasteiger partial charge on any atom is 0.0461 e. The molecular formula is C13H26O. The molecule has 14 heavy (non-hydrogen) atoms. The third kappa shape index (κ3) is 4.00. The van der Waals surface area contributed by atoms with Crippen molar-refractivity contribution in [3.05, 3.63) is 0 Å². The summed E-state index contributed by atoms with van der Waals surface area (Å²) in [6.07, 6.45) is 12.2. The first kappa shape index (κ1) is 12.0. The van der Waals surface area contributed by atoms with Gasteiger partial charge in [0.05, 0.1) is 0 Å². The molecule has 0 amide bonds. The first-order valence-corrected chi connectivity index (χ1v) is 6.49. The maximum atomic E-state index is 9.34. The molecule has 1 fully saturated rings. The molecule has 0 bridgehead atoms. The summed E-state index contributed by atoms with van der Waals surface area (Å²) >= 11 is 0. The van der Waals surface area contributed by atoms with Crippen molar-refractivity contribution >= 4 is 0 Å². The van der Waals surface area contributed by atoms with Crippen molar-refractivity contribution in [2.75, 3.05) is 6.61 Å². The van der Waals surface area contributed by atoms with Crippen LogP contribution >= 0.6 is 0 Å². The third-order valence-corrected chi connectivity index (χ3v) is 3.73. The molecule has 0 radical (unpaired) electrons. The number of aliphatic hydroxyl groups excluding tert-OH is 1. The fourth-order valence-corrected chi connectivity index (χ4v) is 2.74. The molecule has 1 rings (SSSR count). The van der Waals surface area contributed by atoms with Crippen LogP contribution in [0.25, 0.3) is 0 Å². The summed E-state index contributed by atoms with van der Waals surface area (Å²) in [7, 11) is 0. The van der Waals surface area contributed by atoms with Crippen molar-refractivity contribution in [3.8, 4) is 0 Å². The average Bonchev–Trinajstić information content (AvgIpc) is 2.71. The first-order chi connectivity index (χ1) is 6.88. The molecular weight excluding hydrogens is 172 g/mol. The molecule has 1 nitrogen and oxygen atoms in total. The van der Waals surface area contributed by atoms with Gasteiger partial charge in [-0.25, -0.2) is 0 Å². The first-order valence-electron chi connectivity index (χ1n) is 6.49. The van der Waals surface area contributed by atoms with Crippen LogP contribution in [0.3, 0.4) is 0 Å². The molecule has 1 aliphatic carbocycles.